The predicted octanol–water partition coefficient (Wildman–Crippen LogP) is -0.281. The smallest absolute Gasteiger partial charge is 0.0562 e. The average Bonchev–Trinajstić information content (AvgIpc) is 2.31. The van der Waals surface area contributed by atoms with Crippen LogP contribution < -0.4 is 4.90 Å². The van der Waals surface area contributed by atoms with Crippen molar-refractivity contribution in [2.45, 2.75) is 12.8 Å². The molecule has 0 aromatic carbocycles. The summed E-state index contributed by atoms with van der Waals surface area (Å²) in [6.45, 7) is 3.40. The third kappa shape index (κ3) is 2.27. The molecule has 0 amide bonds. The molecule has 0 saturated carbocycles. The number of rotatable bonds is 3. The molecule has 0 aromatic rings. The average molecular weight is 143 g/mol. The molecule has 60 valence electrons. The van der Waals surface area contributed by atoms with Crippen LogP contribution in [0.2, 0.25) is 0 Å². The van der Waals surface area contributed by atoms with Gasteiger partial charge in [0.05, 0.1) is 13.1 Å². The molecule has 0 aliphatic carbocycles. The van der Waals surface area contributed by atoms with Gasteiger partial charge in [-0.05, 0) is 6.42 Å². The molecule has 1 aliphatic rings. The summed E-state index contributed by atoms with van der Waals surface area (Å²) in [5.41, 5.74) is 0. The summed E-state index contributed by atoms with van der Waals surface area (Å²) in [5.74, 6) is 0.868. The Balaban J connectivity index is 2.06. The summed E-state index contributed by atoms with van der Waals surface area (Å²) in [6, 6.07) is 0. The van der Waals surface area contributed by atoms with Gasteiger partial charge in [0, 0.05) is 26.1 Å². The molecule has 0 radical (unpaired) electrons. The fourth-order valence-corrected chi connectivity index (χ4v) is 1.55. The maximum atomic E-state index is 5.01. The quantitative estimate of drug-likeness (QED) is 0.536. The molecular formula is C8H17NO. The van der Waals surface area contributed by atoms with Gasteiger partial charge in [-0.1, -0.05) is 0 Å². The molecule has 1 rings (SSSR count). The zero-order chi connectivity index (χ0) is 7.40. The van der Waals surface area contributed by atoms with Crippen molar-refractivity contribution in [1.82, 2.24) is 0 Å². The van der Waals surface area contributed by atoms with Crippen LogP contribution in [0, 0.1) is 13.0 Å². The Morgan fingerprint density at radius 1 is 1.70 bits per heavy atom. The molecule has 2 nitrogen and oxygen atoms in total. The van der Waals surface area contributed by atoms with E-state index in [-0.39, 0.29) is 0 Å². The van der Waals surface area contributed by atoms with E-state index in [1.165, 1.54) is 30.8 Å². The molecule has 1 fully saturated rings. The minimum Gasteiger partial charge on any atom is -0.468 e. The Morgan fingerprint density at radius 2 is 2.50 bits per heavy atom. The highest BCUT2D eigenvalue weighted by Gasteiger charge is 2.18. The van der Waals surface area contributed by atoms with E-state index >= 15 is 0 Å². The van der Waals surface area contributed by atoms with Gasteiger partial charge >= 0.3 is 0 Å². The van der Waals surface area contributed by atoms with E-state index in [1.54, 1.807) is 7.11 Å². The van der Waals surface area contributed by atoms with Crippen LogP contribution in [0.4, 0.5) is 0 Å². The zero-order valence-electron chi connectivity index (χ0n) is 6.73. The fraction of sp³-hybridized carbons (Fsp3) is 0.875. The standard InChI is InChI=1S/C8H17NO/c1-9-5-3-8(7-9)4-6-10-2/h8-9H,1,3-7H2,2H3. The summed E-state index contributed by atoms with van der Waals surface area (Å²) in [7, 11) is 5.74. The molecular weight excluding hydrogens is 126 g/mol. The summed E-state index contributed by atoms with van der Waals surface area (Å²) >= 11 is 0. The van der Waals surface area contributed by atoms with Crippen LogP contribution in [-0.2, 0) is 4.74 Å². The van der Waals surface area contributed by atoms with Gasteiger partial charge in [0.1, 0.15) is 0 Å². The number of hydrogen-bond acceptors (Lipinski definition) is 1. The van der Waals surface area contributed by atoms with Crippen LogP contribution in [0.5, 0.6) is 0 Å². The first-order valence-electron chi connectivity index (χ1n) is 3.98. The third-order valence-electron chi connectivity index (χ3n) is 2.21. The van der Waals surface area contributed by atoms with Crippen molar-refractivity contribution in [3.8, 4) is 0 Å². The third-order valence-corrected chi connectivity index (χ3v) is 2.21. The molecule has 1 saturated heterocycles. The van der Waals surface area contributed by atoms with E-state index in [0.717, 1.165) is 12.5 Å². The Labute approximate surface area is 63.2 Å². The van der Waals surface area contributed by atoms with Gasteiger partial charge in [-0.3, -0.25) is 0 Å². The second-order valence-corrected chi connectivity index (χ2v) is 3.14. The lowest BCUT2D eigenvalue weighted by atomic mass is 10.1. The van der Waals surface area contributed by atoms with Gasteiger partial charge in [-0.2, -0.15) is 7.05 Å². The van der Waals surface area contributed by atoms with E-state index in [2.05, 4.69) is 7.05 Å². The van der Waals surface area contributed by atoms with Crippen molar-refractivity contribution < 1.29 is 9.64 Å². The normalized spacial score (nSPS) is 33.0. The maximum Gasteiger partial charge on any atom is 0.0562 e. The number of quaternary nitrogens is 1. The monoisotopic (exact) mass is 143 g/mol. The number of likely N-dealkylation sites (tertiary alicyclic amines) is 1. The molecule has 1 N–H and O–H groups in total. The Kier molecular flexibility index (Phi) is 3.16. The van der Waals surface area contributed by atoms with E-state index in [1.807, 2.05) is 0 Å². The first-order chi connectivity index (χ1) is 4.83. The minimum absolute atomic E-state index is 0.868. The van der Waals surface area contributed by atoms with Crippen LogP contribution in [0.15, 0.2) is 0 Å². The molecule has 0 bridgehead atoms. The number of methoxy groups -OCH3 is 1. The van der Waals surface area contributed by atoms with Gasteiger partial charge in [-0.15, -0.1) is 0 Å². The molecule has 2 atom stereocenters. The molecule has 1 aliphatic heterocycles. The van der Waals surface area contributed by atoms with E-state index in [0.29, 0.717) is 0 Å². The highest BCUT2D eigenvalue weighted by molar-refractivity contribution is 4.61. The Hall–Kier alpha value is -0.0800. The number of hydrogen-bond donors (Lipinski definition) is 1. The maximum absolute atomic E-state index is 5.01. The van der Waals surface area contributed by atoms with E-state index < -0.39 is 0 Å². The minimum atomic E-state index is 0.868. The van der Waals surface area contributed by atoms with E-state index in [9.17, 15) is 0 Å². The largest absolute Gasteiger partial charge is 0.468 e. The molecule has 0 spiro atoms. The van der Waals surface area contributed by atoms with Gasteiger partial charge < -0.3 is 9.64 Å². The summed E-state index contributed by atoms with van der Waals surface area (Å²) in [5, 5.41) is 0. The lowest BCUT2D eigenvalue weighted by Gasteiger charge is -2.12. The van der Waals surface area contributed by atoms with Gasteiger partial charge in [0.2, 0.25) is 0 Å². The van der Waals surface area contributed by atoms with Crippen molar-refractivity contribution in [3.63, 3.8) is 0 Å². The van der Waals surface area contributed by atoms with Crippen LogP contribution in [0.3, 0.4) is 0 Å². The number of nitrogens with one attached hydrogen (secondary N) is 1. The predicted molar refractivity (Wildman–Crippen MR) is 40.7 cm³/mol. The van der Waals surface area contributed by atoms with Crippen LogP contribution >= 0.6 is 0 Å². The molecule has 0 aromatic heterocycles. The number of ether oxygens (including phenoxy) is 1. The van der Waals surface area contributed by atoms with Crippen LogP contribution in [0.25, 0.3) is 0 Å². The molecule has 1 heterocycles. The first kappa shape index (κ1) is 8.02. The zero-order valence-corrected chi connectivity index (χ0v) is 6.73. The lowest BCUT2D eigenvalue weighted by Crippen LogP contribution is -3.04. The summed E-state index contributed by atoms with van der Waals surface area (Å²) < 4.78 is 5.01. The van der Waals surface area contributed by atoms with Crippen LogP contribution in [-0.4, -0.2) is 26.8 Å². The van der Waals surface area contributed by atoms with Crippen molar-refractivity contribution in [1.29, 1.82) is 0 Å². The molecule has 10 heavy (non-hydrogen) atoms. The highest BCUT2D eigenvalue weighted by Crippen LogP contribution is 2.08. The van der Waals surface area contributed by atoms with Crippen molar-refractivity contribution in [2.24, 2.45) is 5.92 Å². The second kappa shape index (κ2) is 3.94. The Morgan fingerprint density at radius 3 is 3.00 bits per heavy atom. The second-order valence-electron chi connectivity index (χ2n) is 3.14. The molecule has 2 unspecified atom stereocenters. The SMILES string of the molecule is [CH2-][NH+]1CCC(CCOC)C1. The Bertz CT molecular complexity index is 95.3. The fourth-order valence-electron chi connectivity index (χ4n) is 1.55. The van der Waals surface area contributed by atoms with Crippen molar-refractivity contribution >= 4 is 0 Å². The summed E-state index contributed by atoms with van der Waals surface area (Å²) in [6.07, 6.45) is 2.55. The molecule has 2 heteroatoms. The van der Waals surface area contributed by atoms with E-state index in [4.69, 9.17) is 4.74 Å². The van der Waals surface area contributed by atoms with Crippen LogP contribution in [0.1, 0.15) is 12.8 Å². The first-order valence-corrected chi connectivity index (χ1v) is 3.98. The van der Waals surface area contributed by atoms with Crippen molar-refractivity contribution in [2.75, 3.05) is 26.8 Å². The summed E-state index contributed by atoms with van der Waals surface area (Å²) in [4.78, 5) is 1.43. The lowest BCUT2D eigenvalue weighted by molar-refractivity contribution is -0.841. The van der Waals surface area contributed by atoms with Gasteiger partial charge in [-0.25, -0.2) is 0 Å². The van der Waals surface area contributed by atoms with Gasteiger partial charge in [0.25, 0.3) is 0 Å². The topological polar surface area (TPSA) is 13.7 Å². The van der Waals surface area contributed by atoms with Crippen molar-refractivity contribution in [3.05, 3.63) is 7.05 Å². The van der Waals surface area contributed by atoms with Gasteiger partial charge in [0.15, 0.2) is 0 Å². The highest BCUT2D eigenvalue weighted by atomic mass is 16.5.